The summed E-state index contributed by atoms with van der Waals surface area (Å²) in [4.78, 5) is 15.6. The lowest BCUT2D eigenvalue weighted by atomic mass is 9.84. The summed E-state index contributed by atoms with van der Waals surface area (Å²) >= 11 is 6.03. The number of sulfonamides is 1. The SMILES string of the molecule is CCC1(O)CC2CCC(C1)N2C(=O)OC1([C@H]2COC[C@@H](C3CC3)N2S(=O)(=O)c2ccc(Cl)cc2)CC1. The van der Waals surface area contributed by atoms with Crippen LogP contribution in [0.1, 0.15) is 64.7 Å². The van der Waals surface area contributed by atoms with Gasteiger partial charge in [-0.25, -0.2) is 13.2 Å². The number of halogens is 1. The van der Waals surface area contributed by atoms with Crippen molar-refractivity contribution < 1.29 is 27.8 Å². The number of carbonyl (C=O) groups is 1. The maximum Gasteiger partial charge on any atom is 0.410 e. The van der Waals surface area contributed by atoms with Crippen LogP contribution in [0.4, 0.5) is 4.79 Å². The van der Waals surface area contributed by atoms with Crippen LogP contribution in [0.15, 0.2) is 29.2 Å². The van der Waals surface area contributed by atoms with Crippen LogP contribution in [-0.4, -0.2) is 77.4 Å². The maximum atomic E-state index is 14.0. The Labute approximate surface area is 217 Å². The molecule has 3 aliphatic heterocycles. The Kier molecular flexibility index (Phi) is 6.11. The van der Waals surface area contributed by atoms with E-state index < -0.39 is 27.3 Å². The molecule has 10 heteroatoms. The number of hydrogen-bond acceptors (Lipinski definition) is 6. The molecule has 198 valence electrons. The second kappa shape index (κ2) is 8.83. The summed E-state index contributed by atoms with van der Waals surface area (Å²) in [6.45, 7) is 2.54. The van der Waals surface area contributed by atoms with E-state index in [9.17, 15) is 18.3 Å². The number of aliphatic hydroxyl groups is 1. The van der Waals surface area contributed by atoms with Gasteiger partial charge >= 0.3 is 6.09 Å². The Morgan fingerprint density at radius 3 is 2.31 bits per heavy atom. The second-order valence-electron chi connectivity index (χ2n) is 11.5. The summed E-state index contributed by atoms with van der Waals surface area (Å²) in [5, 5.41) is 11.3. The molecule has 0 spiro atoms. The molecule has 3 saturated heterocycles. The summed E-state index contributed by atoms with van der Waals surface area (Å²) in [6, 6.07) is 5.35. The molecule has 4 atom stereocenters. The van der Waals surface area contributed by atoms with Crippen LogP contribution in [0.25, 0.3) is 0 Å². The van der Waals surface area contributed by atoms with Crippen molar-refractivity contribution in [3.63, 3.8) is 0 Å². The molecular weight excluding hydrogens is 504 g/mol. The number of ether oxygens (including phenoxy) is 2. The van der Waals surface area contributed by atoms with E-state index in [1.54, 1.807) is 28.6 Å². The molecule has 1 N–H and O–H groups in total. The first-order valence-electron chi connectivity index (χ1n) is 13.3. The molecule has 1 amide bonds. The van der Waals surface area contributed by atoms with E-state index in [-0.39, 0.29) is 41.6 Å². The summed E-state index contributed by atoms with van der Waals surface area (Å²) in [5.74, 6) is 0.256. The number of piperidine rings is 1. The third-order valence-corrected chi connectivity index (χ3v) is 11.3. The number of morpholine rings is 1. The first kappa shape index (κ1) is 24.9. The zero-order chi connectivity index (χ0) is 25.3. The average Bonchev–Trinajstić information content (AvgIpc) is 3.78. The van der Waals surface area contributed by atoms with E-state index in [1.807, 2.05) is 11.8 Å². The Hall–Kier alpha value is -1.39. The molecule has 0 radical (unpaired) electrons. The van der Waals surface area contributed by atoms with Gasteiger partial charge in [-0.05, 0) is 88.0 Å². The summed E-state index contributed by atoms with van der Waals surface area (Å²) in [7, 11) is -3.86. The van der Waals surface area contributed by atoms with Crippen molar-refractivity contribution in [2.24, 2.45) is 5.92 Å². The second-order valence-corrected chi connectivity index (χ2v) is 13.7. The van der Waals surface area contributed by atoms with Gasteiger partial charge < -0.3 is 19.5 Å². The number of benzene rings is 1. The zero-order valence-corrected chi connectivity index (χ0v) is 22.2. The fourth-order valence-electron chi connectivity index (χ4n) is 6.72. The predicted octanol–water partition coefficient (Wildman–Crippen LogP) is 3.95. The molecular formula is C26H35ClN2O6S. The van der Waals surface area contributed by atoms with Crippen molar-refractivity contribution in [3.05, 3.63) is 29.3 Å². The van der Waals surface area contributed by atoms with E-state index in [0.717, 1.165) is 25.7 Å². The average molecular weight is 539 g/mol. The normalized spacial score (nSPS) is 36.0. The molecule has 8 nitrogen and oxygen atoms in total. The van der Waals surface area contributed by atoms with E-state index in [4.69, 9.17) is 21.1 Å². The molecule has 6 rings (SSSR count). The van der Waals surface area contributed by atoms with Gasteiger partial charge in [0.2, 0.25) is 10.0 Å². The highest BCUT2D eigenvalue weighted by Crippen LogP contribution is 2.51. The molecule has 36 heavy (non-hydrogen) atoms. The lowest BCUT2D eigenvalue weighted by Gasteiger charge is -2.46. The summed E-state index contributed by atoms with van der Waals surface area (Å²) in [6.07, 6.45) is 6.31. The molecule has 2 saturated carbocycles. The fraction of sp³-hybridized carbons (Fsp3) is 0.731. The molecule has 2 bridgehead atoms. The highest BCUT2D eigenvalue weighted by atomic mass is 35.5. The van der Waals surface area contributed by atoms with Crippen LogP contribution >= 0.6 is 11.6 Å². The van der Waals surface area contributed by atoms with Gasteiger partial charge in [-0.1, -0.05) is 18.5 Å². The van der Waals surface area contributed by atoms with Crippen molar-refractivity contribution >= 4 is 27.7 Å². The zero-order valence-electron chi connectivity index (χ0n) is 20.6. The first-order chi connectivity index (χ1) is 17.2. The highest BCUT2D eigenvalue weighted by Gasteiger charge is 2.62. The standard InChI is InChI=1S/C26H35ClN2O6S/c1-2-25(31)13-19-7-8-20(14-25)28(19)24(30)35-26(11-12-26)23-16-34-15-22(17-3-4-17)29(23)36(32,33)21-9-5-18(27)6-10-21/h5-6,9-10,17,19-20,22-23,31H,2-4,7-8,11-16H2,1H3/t19?,20?,22-,23+,25?/m0/s1. The highest BCUT2D eigenvalue weighted by molar-refractivity contribution is 7.89. The number of hydrogen-bond donors (Lipinski definition) is 1. The maximum absolute atomic E-state index is 14.0. The van der Waals surface area contributed by atoms with Crippen molar-refractivity contribution in [1.29, 1.82) is 0 Å². The van der Waals surface area contributed by atoms with Crippen LogP contribution in [0.3, 0.4) is 0 Å². The van der Waals surface area contributed by atoms with Crippen molar-refractivity contribution in [2.75, 3.05) is 13.2 Å². The Morgan fingerprint density at radius 1 is 1.11 bits per heavy atom. The number of amides is 1. The number of fused-ring (bicyclic) bond motifs is 2. The van der Waals surface area contributed by atoms with Crippen LogP contribution in [0.2, 0.25) is 5.02 Å². The molecule has 3 heterocycles. The molecule has 2 unspecified atom stereocenters. The third kappa shape index (κ3) is 4.25. The van der Waals surface area contributed by atoms with Crippen LogP contribution in [0.5, 0.6) is 0 Å². The number of nitrogens with zero attached hydrogens (tertiary/aromatic N) is 2. The summed E-state index contributed by atoms with van der Waals surface area (Å²) < 4.78 is 41.8. The first-order valence-corrected chi connectivity index (χ1v) is 15.1. The topological polar surface area (TPSA) is 96.4 Å². The van der Waals surface area contributed by atoms with Gasteiger partial charge in [-0.15, -0.1) is 0 Å². The van der Waals surface area contributed by atoms with Crippen LogP contribution in [-0.2, 0) is 19.5 Å². The Bertz CT molecular complexity index is 1110. The minimum absolute atomic E-state index is 0.0345. The molecule has 1 aromatic carbocycles. The number of carbonyl (C=O) groups excluding carboxylic acids is 1. The fourth-order valence-corrected chi connectivity index (χ4v) is 8.75. The minimum Gasteiger partial charge on any atom is -0.441 e. The van der Waals surface area contributed by atoms with Crippen molar-refractivity contribution in [1.82, 2.24) is 9.21 Å². The molecule has 5 aliphatic rings. The van der Waals surface area contributed by atoms with E-state index in [1.165, 1.54) is 0 Å². The quantitative estimate of drug-likeness (QED) is 0.589. The van der Waals surface area contributed by atoms with E-state index in [0.29, 0.717) is 43.7 Å². The van der Waals surface area contributed by atoms with Gasteiger partial charge in [0.25, 0.3) is 0 Å². The summed E-state index contributed by atoms with van der Waals surface area (Å²) in [5.41, 5.74) is -1.61. The van der Waals surface area contributed by atoms with Crippen LogP contribution in [0, 0.1) is 5.92 Å². The number of rotatable bonds is 6. The van der Waals surface area contributed by atoms with E-state index in [2.05, 4.69) is 0 Å². The largest absolute Gasteiger partial charge is 0.441 e. The van der Waals surface area contributed by atoms with Crippen molar-refractivity contribution in [2.45, 2.75) is 105 Å². The predicted molar refractivity (Wildman–Crippen MR) is 133 cm³/mol. The van der Waals surface area contributed by atoms with Crippen molar-refractivity contribution in [3.8, 4) is 0 Å². The molecule has 2 aliphatic carbocycles. The van der Waals surface area contributed by atoms with Gasteiger partial charge in [0.1, 0.15) is 5.60 Å². The van der Waals surface area contributed by atoms with Gasteiger partial charge in [-0.3, -0.25) is 0 Å². The van der Waals surface area contributed by atoms with Gasteiger partial charge in [-0.2, -0.15) is 4.31 Å². The van der Waals surface area contributed by atoms with Gasteiger partial charge in [0.15, 0.2) is 0 Å². The molecule has 5 fully saturated rings. The van der Waals surface area contributed by atoms with E-state index >= 15 is 0 Å². The minimum atomic E-state index is -3.86. The third-order valence-electron chi connectivity index (χ3n) is 9.11. The lowest BCUT2D eigenvalue weighted by molar-refractivity contribution is -0.0879. The smallest absolute Gasteiger partial charge is 0.410 e. The lowest BCUT2D eigenvalue weighted by Crippen LogP contribution is -2.62. The molecule has 0 aromatic heterocycles. The monoisotopic (exact) mass is 538 g/mol. The van der Waals surface area contributed by atoms with Gasteiger partial charge in [0, 0.05) is 17.1 Å². The Balaban J connectivity index is 1.27. The van der Waals surface area contributed by atoms with Crippen LogP contribution < -0.4 is 0 Å². The Morgan fingerprint density at radius 2 is 1.75 bits per heavy atom. The molecule has 1 aromatic rings. The van der Waals surface area contributed by atoms with Gasteiger partial charge in [0.05, 0.1) is 35.8 Å².